The predicted molar refractivity (Wildman–Crippen MR) is 219 cm³/mol. The number of aliphatic hydroxyl groups excluding tert-OH is 2. The van der Waals surface area contributed by atoms with Crippen molar-refractivity contribution in [1.29, 1.82) is 0 Å². The van der Waals surface area contributed by atoms with Crippen molar-refractivity contribution in [2.45, 2.75) is 12.2 Å². The second kappa shape index (κ2) is 15.6. The fourth-order valence-corrected chi connectivity index (χ4v) is 8.48. The van der Waals surface area contributed by atoms with Gasteiger partial charge in [-0.3, -0.25) is 9.36 Å². The molecule has 0 spiro atoms. The van der Waals surface area contributed by atoms with Gasteiger partial charge in [0.2, 0.25) is 0 Å². The second-order valence-electron chi connectivity index (χ2n) is 12.8. The molecule has 0 aliphatic heterocycles. The summed E-state index contributed by atoms with van der Waals surface area (Å²) in [6.07, 6.45) is 3.67. The predicted octanol–water partition coefficient (Wildman–Crippen LogP) is 7.83. The molecule has 18 heteroatoms. The summed E-state index contributed by atoms with van der Waals surface area (Å²) in [6, 6.07) is 21.9. The third kappa shape index (κ3) is 7.19. The van der Waals surface area contributed by atoms with Gasteiger partial charge >= 0.3 is 10.2 Å². The van der Waals surface area contributed by atoms with E-state index in [1.54, 1.807) is 61.5 Å². The number of benzene rings is 4. The number of aromatic nitrogens is 8. The number of nitrogens with one attached hydrogen (secondary N) is 1. The van der Waals surface area contributed by atoms with Gasteiger partial charge in [-0.05, 0) is 24.3 Å². The molecule has 0 radical (unpaired) electrons. The molecule has 4 aromatic heterocycles. The quantitative estimate of drug-likeness (QED) is 0.140. The smallest absolute Gasteiger partial charge is 0.308 e. The minimum Gasteiger partial charge on any atom is -0.379 e. The minimum absolute atomic E-state index is 0.0338. The summed E-state index contributed by atoms with van der Waals surface area (Å²) in [7, 11) is 2.44. The first kappa shape index (κ1) is 39.5. The van der Waals surface area contributed by atoms with Crippen LogP contribution in [-0.2, 0) is 24.3 Å². The molecule has 56 heavy (non-hydrogen) atoms. The van der Waals surface area contributed by atoms with Crippen molar-refractivity contribution >= 4 is 78.4 Å². The summed E-state index contributed by atoms with van der Waals surface area (Å²) in [6.45, 7) is 0. The fourth-order valence-electron chi connectivity index (χ4n) is 6.52. The second-order valence-corrected chi connectivity index (χ2v) is 16.5. The molecule has 8 aromatic rings. The van der Waals surface area contributed by atoms with Crippen LogP contribution in [0.5, 0.6) is 0 Å². The standard InChI is InChI=1S/C20H19Cl2N5O3S.C18H14Cl2N4O/c1-25(2)31(29,30)27-10-9-23-20(27)19(28)18-15-6-4-5-14(17(15)24-26(18)3)13-8-7-12(21)11-16(13)22;1-24-16(17(25)18-21-7-8-22-18)13-4-2-3-12(15(13)23-24)11-6-5-10(19)9-14(11)20/h4-11,19,28H,1-3H3;2-9,17,25H,1H3,(H,21,22). The lowest BCUT2D eigenvalue weighted by Gasteiger charge is -2.17. The van der Waals surface area contributed by atoms with Crippen LogP contribution in [0.25, 0.3) is 44.1 Å². The number of imidazole rings is 2. The van der Waals surface area contributed by atoms with Crippen molar-refractivity contribution < 1.29 is 18.6 Å². The normalized spacial score (nSPS) is 13.0. The minimum atomic E-state index is -3.86. The number of aromatic amines is 1. The van der Waals surface area contributed by atoms with Crippen molar-refractivity contribution in [1.82, 2.24) is 42.8 Å². The third-order valence-corrected chi connectivity index (χ3v) is 12.0. The average molecular weight is 854 g/mol. The van der Waals surface area contributed by atoms with Gasteiger partial charge in [-0.15, -0.1) is 0 Å². The highest BCUT2D eigenvalue weighted by molar-refractivity contribution is 7.87. The highest BCUT2D eigenvalue weighted by Gasteiger charge is 2.29. The monoisotopic (exact) mass is 851 g/mol. The average Bonchev–Trinajstić information content (AvgIpc) is 3.97. The number of hydrogen-bond acceptors (Lipinski definition) is 8. The number of fused-ring (bicyclic) bond motifs is 2. The fraction of sp³-hybridized carbons (Fsp3) is 0.158. The van der Waals surface area contributed by atoms with E-state index in [9.17, 15) is 18.6 Å². The van der Waals surface area contributed by atoms with Crippen LogP contribution in [-0.4, -0.2) is 75.5 Å². The summed E-state index contributed by atoms with van der Waals surface area (Å²) in [5, 5.41) is 34.7. The number of H-pyrrole nitrogens is 1. The molecule has 0 amide bonds. The van der Waals surface area contributed by atoms with Crippen LogP contribution >= 0.6 is 46.4 Å². The van der Waals surface area contributed by atoms with Gasteiger partial charge in [0.15, 0.2) is 18.0 Å². The summed E-state index contributed by atoms with van der Waals surface area (Å²) in [5.74, 6) is 0.438. The van der Waals surface area contributed by atoms with Crippen LogP contribution in [0.15, 0.2) is 97.6 Å². The van der Waals surface area contributed by atoms with E-state index in [4.69, 9.17) is 46.4 Å². The van der Waals surface area contributed by atoms with Gasteiger partial charge in [-0.2, -0.15) is 22.9 Å². The van der Waals surface area contributed by atoms with E-state index in [1.807, 2.05) is 42.5 Å². The Balaban J connectivity index is 0.000000175. The van der Waals surface area contributed by atoms with Crippen LogP contribution in [0.2, 0.25) is 20.1 Å². The van der Waals surface area contributed by atoms with Gasteiger partial charge in [0, 0.05) is 106 Å². The van der Waals surface area contributed by atoms with E-state index in [0.29, 0.717) is 48.2 Å². The zero-order valence-corrected chi connectivity index (χ0v) is 33.9. The lowest BCUT2D eigenvalue weighted by atomic mass is 10.0. The number of aliphatic hydroxyl groups is 2. The van der Waals surface area contributed by atoms with Gasteiger partial charge in [0.25, 0.3) is 0 Å². The van der Waals surface area contributed by atoms with Gasteiger partial charge < -0.3 is 15.2 Å². The molecular formula is C38H33Cl4N9O4S. The Morgan fingerprint density at radius 1 is 0.696 bits per heavy atom. The van der Waals surface area contributed by atoms with E-state index < -0.39 is 22.4 Å². The molecule has 0 bridgehead atoms. The maximum atomic E-state index is 12.6. The Morgan fingerprint density at radius 3 is 1.68 bits per heavy atom. The Kier molecular flexibility index (Phi) is 11.0. The first-order chi connectivity index (χ1) is 26.7. The van der Waals surface area contributed by atoms with E-state index in [-0.39, 0.29) is 5.82 Å². The molecule has 13 nitrogen and oxygen atoms in total. The molecule has 0 aliphatic carbocycles. The molecule has 2 unspecified atom stereocenters. The van der Waals surface area contributed by atoms with E-state index in [0.717, 1.165) is 41.4 Å². The van der Waals surface area contributed by atoms with Crippen LogP contribution in [0.1, 0.15) is 35.2 Å². The lowest BCUT2D eigenvalue weighted by molar-refractivity contribution is 0.200. The van der Waals surface area contributed by atoms with Crippen molar-refractivity contribution in [3.05, 3.63) is 141 Å². The van der Waals surface area contributed by atoms with Gasteiger partial charge in [-0.25, -0.2) is 13.9 Å². The SMILES string of the molecule is CN(C)S(=O)(=O)n1ccnc1C(O)c1c2cccc(-c3ccc(Cl)cc3Cl)c2nn1C.Cn1nc2c(-c3ccc(Cl)cc3Cl)cccc2c1C(O)c1ncc[nH]1. The van der Waals surface area contributed by atoms with Gasteiger partial charge in [-0.1, -0.05) is 94.9 Å². The first-order valence-electron chi connectivity index (χ1n) is 16.8. The van der Waals surface area contributed by atoms with Crippen molar-refractivity contribution in [3.8, 4) is 22.3 Å². The molecule has 0 aliphatic rings. The summed E-state index contributed by atoms with van der Waals surface area (Å²) in [4.78, 5) is 11.2. The van der Waals surface area contributed by atoms with Crippen molar-refractivity contribution in [2.75, 3.05) is 14.1 Å². The molecule has 2 atom stereocenters. The molecule has 0 saturated carbocycles. The largest absolute Gasteiger partial charge is 0.379 e. The third-order valence-electron chi connectivity index (χ3n) is 9.15. The Morgan fingerprint density at radius 2 is 1.21 bits per heavy atom. The Labute approximate surface area is 341 Å². The Bertz CT molecular complexity index is 2840. The van der Waals surface area contributed by atoms with E-state index in [2.05, 4.69) is 25.1 Å². The number of aryl methyl sites for hydroxylation is 2. The topological polar surface area (TPSA) is 160 Å². The summed E-state index contributed by atoms with van der Waals surface area (Å²) < 4.78 is 30.5. The molecule has 288 valence electrons. The molecule has 0 fully saturated rings. The molecular weight excluding hydrogens is 820 g/mol. The molecule has 4 heterocycles. The first-order valence-corrected chi connectivity index (χ1v) is 19.7. The summed E-state index contributed by atoms with van der Waals surface area (Å²) in [5.41, 5.74) is 5.67. The van der Waals surface area contributed by atoms with Crippen molar-refractivity contribution in [3.63, 3.8) is 0 Å². The van der Waals surface area contributed by atoms with Crippen molar-refractivity contribution in [2.24, 2.45) is 14.1 Å². The van der Waals surface area contributed by atoms with Crippen LogP contribution in [0.3, 0.4) is 0 Å². The van der Waals surface area contributed by atoms with Gasteiger partial charge in [0.05, 0.1) is 11.4 Å². The number of hydrogen-bond donors (Lipinski definition) is 3. The highest BCUT2D eigenvalue weighted by atomic mass is 35.5. The number of rotatable bonds is 8. The van der Waals surface area contributed by atoms with Crippen LogP contribution in [0, 0.1) is 0 Å². The molecule has 0 saturated heterocycles. The Hall–Kier alpha value is -4.77. The lowest BCUT2D eigenvalue weighted by Crippen LogP contribution is -2.30. The van der Waals surface area contributed by atoms with Crippen LogP contribution < -0.4 is 0 Å². The number of nitrogens with zero attached hydrogens (tertiary/aromatic N) is 8. The molecule has 3 N–H and O–H groups in total. The van der Waals surface area contributed by atoms with Crippen LogP contribution in [0.4, 0.5) is 0 Å². The van der Waals surface area contributed by atoms with E-state index in [1.165, 1.54) is 31.2 Å². The van der Waals surface area contributed by atoms with E-state index >= 15 is 0 Å². The van der Waals surface area contributed by atoms with Gasteiger partial charge in [0.1, 0.15) is 16.9 Å². The maximum Gasteiger partial charge on any atom is 0.308 e. The highest BCUT2D eigenvalue weighted by Crippen LogP contribution is 2.39. The zero-order valence-electron chi connectivity index (χ0n) is 30.1. The number of halogens is 4. The molecule has 4 aromatic carbocycles. The molecule has 8 rings (SSSR count). The zero-order chi connectivity index (χ0) is 40.1. The summed E-state index contributed by atoms with van der Waals surface area (Å²) >= 11 is 24.8. The maximum absolute atomic E-state index is 12.6.